The second-order valence-corrected chi connectivity index (χ2v) is 4.36. The topological polar surface area (TPSA) is 20.2 Å². The van der Waals surface area contributed by atoms with Gasteiger partial charge in [-0.05, 0) is 24.3 Å². The van der Waals surface area contributed by atoms with E-state index in [2.05, 4.69) is 6.58 Å². The van der Waals surface area contributed by atoms with E-state index in [9.17, 15) is 5.11 Å². The Kier molecular flexibility index (Phi) is 3.22. The highest BCUT2D eigenvalue weighted by atomic mass is 16.3. The zero-order chi connectivity index (χ0) is 10.7. The van der Waals surface area contributed by atoms with E-state index in [-0.39, 0.29) is 12.0 Å². The van der Waals surface area contributed by atoms with Gasteiger partial charge in [0.15, 0.2) is 0 Å². The smallest absolute Gasteiger partial charge is 0.0855 e. The first kappa shape index (κ1) is 10.4. The normalized spacial score (nSPS) is 20.3. The van der Waals surface area contributed by atoms with Crippen LogP contribution in [0.2, 0.25) is 0 Å². The molecular formula is C14H18O. The predicted octanol–water partition coefficient (Wildman–Crippen LogP) is 3.32. The maximum Gasteiger partial charge on any atom is 0.0855 e. The fraction of sp³-hybridized carbons (Fsp3) is 0.429. The molecule has 0 aliphatic heterocycles. The molecule has 1 fully saturated rings. The van der Waals surface area contributed by atoms with Crippen molar-refractivity contribution < 1.29 is 5.11 Å². The summed E-state index contributed by atoms with van der Waals surface area (Å²) in [6, 6.07) is 9.89. The zero-order valence-corrected chi connectivity index (χ0v) is 8.97. The molecule has 1 aliphatic rings. The first-order chi connectivity index (χ1) is 7.33. The molecule has 1 aromatic carbocycles. The van der Waals surface area contributed by atoms with E-state index in [1.54, 1.807) is 0 Å². The molecule has 0 saturated heterocycles. The van der Waals surface area contributed by atoms with Crippen LogP contribution >= 0.6 is 0 Å². The maximum atomic E-state index is 10.2. The Labute approximate surface area is 91.4 Å². The summed E-state index contributed by atoms with van der Waals surface area (Å²) < 4.78 is 0. The van der Waals surface area contributed by atoms with Gasteiger partial charge in [-0.2, -0.15) is 0 Å². The molecule has 0 aromatic heterocycles. The Balaban J connectivity index is 2.11. The van der Waals surface area contributed by atoms with E-state index in [0.717, 1.165) is 5.56 Å². The van der Waals surface area contributed by atoms with Gasteiger partial charge in [0.25, 0.3) is 0 Å². The summed E-state index contributed by atoms with van der Waals surface area (Å²) in [6.45, 7) is 3.85. The van der Waals surface area contributed by atoms with Crippen molar-refractivity contribution in [1.29, 1.82) is 0 Å². The van der Waals surface area contributed by atoms with E-state index in [4.69, 9.17) is 0 Å². The summed E-state index contributed by atoms with van der Waals surface area (Å²) in [5.41, 5.74) is 1.01. The van der Waals surface area contributed by atoms with Crippen molar-refractivity contribution in [3.05, 3.63) is 48.6 Å². The summed E-state index contributed by atoms with van der Waals surface area (Å²) in [7, 11) is 0. The molecule has 1 N–H and O–H groups in total. The number of aliphatic hydroxyl groups excluding tert-OH is 1. The standard InChI is InChI=1S/C14H18O/c1-2-13(11-9-6-10-11)14(15)12-7-4-3-5-8-12/h2-5,7-8,11,13-15H,1,6,9-10H2/t13-,14-/m0/s1. The Morgan fingerprint density at radius 3 is 2.40 bits per heavy atom. The van der Waals surface area contributed by atoms with Crippen LogP contribution in [0.3, 0.4) is 0 Å². The van der Waals surface area contributed by atoms with Crippen molar-refractivity contribution >= 4 is 0 Å². The molecule has 2 atom stereocenters. The van der Waals surface area contributed by atoms with Crippen LogP contribution in [0.4, 0.5) is 0 Å². The summed E-state index contributed by atoms with van der Waals surface area (Å²) in [5.74, 6) is 0.860. The Morgan fingerprint density at radius 1 is 1.27 bits per heavy atom. The molecule has 1 aromatic rings. The first-order valence-corrected chi connectivity index (χ1v) is 5.68. The zero-order valence-electron chi connectivity index (χ0n) is 8.97. The van der Waals surface area contributed by atoms with Gasteiger partial charge in [-0.3, -0.25) is 0 Å². The molecule has 0 radical (unpaired) electrons. The van der Waals surface area contributed by atoms with Gasteiger partial charge < -0.3 is 5.11 Å². The third-order valence-corrected chi connectivity index (χ3v) is 3.47. The summed E-state index contributed by atoms with van der Waals surface area (Å²) in [6.07, 6.45) is 5.31. The first-order valence-electron chi connectivity index (χ1n) is 5.68. The molecule has 0 amide bonds. The molecule has 15 heavy (non-hydrogen) atoms. The van der Waals surface area contributed by atoms with Crippen LogP contribution in [0.5, 0.6) is 0 Å². The minimum atomic E-state index is -0.381. The highest BCUT2D eigenvalue weighted by Crippen LogP contribution is 2.40. The fourth-order valence-electron chi connectivity index (χ4n) is 2.28. The minimum absolute atomic E-state index is 0.223. The molecule has 1 heteroatoms. The predicted molar refractivity (Wildman–Crippen MR) is 62.4 cm³/mol. The highest BCUT2D eigenvalue weighted by molar-refractivity contribution is 5.19. The van der Waals surface area contributed by atoms with Crippen molar-refractivity contribution in [1.82, 2.24) is 0 Å². The third-order valence-electron chi connectivity index (χ3n) is 3.47. The lowest BCUT2D eigenvalue weighted by molar-refractivity contribution is 0.0703. The van der Waals surface area contributed by atoms with E-state index in [1.165, 1.54) is 19.3 Å². The van der Waals surface area contributed by atoms with Crippen LogP contribution in [0.1, 0.15) is 30.9 Å². The number of hydrogen-bond acceptors (Lipinski definition) is 1. The molecular weight excluding hydrogens is 184 g/mol. The average Bonchev–Trinajstić information content (AvgIpc) is 2.23. The van der Waals surface area contributed by atoms with Crippen molar-refractivity contribution in [2.24, 2.45) is 11.8 Å². The van der Waals surface area contributed by atoms with Crippen LogP contribution in [0.15, 0.2) is 43.0 Å². The number of benzene rings is 1. The maximum absolute atomic E-state index is 10.2. The number of rotatable bonds is 4. The SMILES string of the molecule is C=C[C@@H](C1CCC1)[C@@H](O)c1ccccc1. The minimum Gasteiger partial charge on any atom is -0.388 e. The van der Waals surface area contributed by atoms with Crippen LogP contribution in [-0.2, 0) is 0 Å². The van der Waals surface area contributed by atoms with Gasteiger partial charge in [-0.1, -0.05) is 42.8 Å². The monoisotopic (exact) mass is 202 g/mol. The molecule has 1 aliphatic carbocycles. The average molecular weight is 202 g/mol. The van der Waals surface area contributed by atoms with Crippen molar-refractivity contribution in [3.8, 4) is 0 Å². The van der Waals surface area contributed by atoms with Crippen LogP contribution < -0.4 is 0 Å². The van der Waals surface area contributed by atoms with E-state index >= 15 is 0 Å². The molecule has 0 bridgehead atoms. The van der Waals surface area contributed by atoms with Crippen LogP contribution in [-0.4, -0.2) is 5.11 Å². The Morgan fingerprint density at radius 2 is 1.93 bits per heavy atom. The number of aliphatic hydroxyl groups is 1. The largest absolute Gasteiger partial charge is 0.388 e. The fourth-order valence-corrected chi connectivity index (χ4v) is 2.28. The Bertz CT molecular complexity index is 313. The van der Waals surface area contributed by atoms with Gasteiger partial charge in [0, 0.05) is 5.92 Å². The third kappa shape index (κ3) is 2.13. The lowest BCUT2D eigenvalue weighted by Crippen LogP contribution is -2.25. The summed E-state index contributed by atoms with van der Waals surface area (Å²) in [5, 5.41) is 10.2. The van der Waals surface area contributed by atoms with E-state index < -0.39 is 0 Å². The van der Waals surface area contributed by atoms with Gasteiger partial charge >= 0.3 is 0 Å². The molecule has 0 spiro atoms. The second-order valence-electron chi connectivity index (χ2n) is 4.36. The molecule has 1 nitrogen and oxygen atoms in total. The second kappa shape index (κ2) is 4.63. The van der Waals surface area contributed by atoms with Crippen LogP contribution in [0.25, 0.3) is 0 Å². The van der Waals surface area contributed by atoms with E-state index in [0.29, 0.717) is 5.92 Å². The lowest BCUT2D eigenvalue weighted by Gasteiger charge is -2.34. The quantitative estimate of drug-likeness (QED) is 0.742. The molecule has 2 rings (SSSR count). The molecule has 80 valence electrons. The molecule has 0 heterocycles. The number of hydrogen-bond donors (Lipinski definition) is 1. The highest BCUT2D eigenvalue weighted by Gasteiger charge is 2.30. The van der Waals surface area contributed by atoms with E-state index in [1.807, 2.05) is 36.4 Å². The Hall–Kier alpha value is -1.08. The van der Waals surface area contributed by atoms with Crippen molar-refractivity contribution in [2.75, 3.05) is 0 Å². The lowest BCUT2D eigenvalue weighted by atomic mass is 9.72. The van der Waals surface area contributed by atoms with Gasteiger partial charge in [-0.25, -0.2) is 0 Å². The molecule has 0 unspecified atom stereocenters. The summed E-state index contributed by atoms with van der Waals surface area (Å²) in [4.78, 5) is 0. The van der Waals surface area contributed by atoms with Crippen LogP contribution in [0, 0.1) is 11.8 Å². The van der Waals surface area contributed by atoms with Gasteiger partial charge in [0.05, 0.1) is 6.10 Å². The van der Waals surface area contributed by atoms with Crippen molar-refractivity contribution in [3.63, 3.8) is 0 Å². The van der Waals surface area contributed by atoms with Gasteiger partial charge in [0.2, 0.25) is 0 Å². The summed E-state index contributed by atoms with van der Waals surface area (Å²) >= 11 is 0. The van der Waals surface area contributed by atoms with Gasteiger partial charge in [-0.15, -0.1) is 6.58 Å². The molecule has 1 saturated carbocycles. The van der Waals surface area contributed by atoms with Crippen molar-refractivity contribution in [2.45, 2.75) is 25.4 Å². The van der Waals surface area contributed by atoms with Gasteiger partial charge in [0.1, 0.15) is 0 Å².